The molecule has 2 heterocycles. The first-order chi connectivity index (χ1) is 14.8. The van der Waals surface area contributed by atoms with E-state index in [9.17, 15) is 4.79 Å². The van der Waals surface area contributed by atoms with E-state index >= 15 is 0 Å². The molecule has 0 radical (unpaired) electrons. The molecular formula is C26H37N3O2. The molecule has 1 aromatic heterocycles. The monoisotopic (exact) mass is 423 g/mol. The zero-order valence-electron chi connectivity index (χ0n) is 19.4. The molecule has 1 aromatic carbocycles. The summed E-state index contributed by atoms with van der Waals surface area (Å²) >= 11 is 0. The standard InChI is InChI=1S/C26H37N3O2/c1-18(2)14-25(30)28-26(4)16-24(31-23-15-19(3)6-11-22(23)26)21-9-7-20(8-10-21)17-29-13-5-12-27-29/h5,7-10,12-13,18-19,22-24H,6,11,14-17H2,1-4H3,(H,28,30)/t19-,22-,23-,24-,26+/m1/s1. The third kappa shape index (κ3) is 5.20. The van der Waals surface area contributed by atoms with E-state index in [0.29, 0.717) is 24.2 Å². The molecule has 5 atom stereocenters. The highest BCUT2D eigenvalue weighted by Crippen LogP contribution is 2.48. The first-order valence-electron chi connectivity index (χ1n) is 11.8. The molecule has 5 nitrogen and oxygen atoms in total. The Kier molecular flexibility index (Phi) is 6.52. The van der Waals surface area contributed by atoms with Crippen molar-refractivity contribution in [3.63, 3.8) is 0 Å². The number of nitrogens with one attached hydrogen (secondary N) is 1. The SMILES string of the molecule is CC(C)CC(=O)N[C@@]1(C)C[C@H](c2ccc(Cn3cccn3)cc2)O[C@@H]2C[C@H](C)CC[C@H]21. The molecule has 1 N–H and O–H groups in total. The lowest BCUT2D eigenvalue weighted by Gasteiger charge is -2.52. The maximum atomic E-state index is 12.7. The molecule has 1 aliphatic carbocycles. The van der Waals surface area contributed by atoms with E-state index in [4.69, 9.17) is 4.74 Å². The second kappa shape index (κ2) is 9.15. The van der Waals surface area contributed by atoms with Crippen LogP contribution in [0.2, 0.25) is 0 Å². The number of nitrogens with zero attached hydrogens (tertiary/aromatic N) is 2. The van der Waals surface area contributed by atoms with Crippen molar-refractivity contribution in [1.82, 2.24) is 15.1 Å². The largest absolute Gasteiger partial charge is 0.370 e. The number of hydrogen-bond acceptors (Lipinski definition) is 3. The number of carbonyl (C=O) groups excluding carboxylic acids is 1. The summed E-state index contributed by atoms with van der Waals surface area (Å²) in [6.07, 6.45) is 8.82. The minimum absolute atomic E-state index is 0.00894. The van der Waals surface area contributed by atoms with Gasteiger partial charge in [-0.2, -0.15) is 5.10 Å². The van der Waals surface area contributed by atoms with E-state index in [1.165, 1.54) is 17.5 Å². The number of ether oxygens (including phenoxy) is 1. The highest BCUT2D eigenvalue weighted by atomic mass is 16.5. The molecule has 31 heavy (non-hydrogen) atoms. The van der Waals surface area contributed by atoms with Crippen molar-refractivity contribution in [3.05, 3.63) is 53.9 Å². The molecule has 0 spiro atoms. The number of carbonyl (C=O) groups is 1. The van der Waals surface area contributed by atoms with Crippen LogP contribution in [0.3, 0.4) is 0 Å². The van der Waals surface area contributed by atoms with Crippen molar-refractivity contribution < 1.29 is 9.53 Å². The summed E-state index contributed by atoms with van der Waals surface area (Å²) in [6, 6.07) is 10.7. The first kappa shape index (κ1) is 22.1. The van der Waals surface area contributed by atoms with Gasteiger partial charge >= 0.3 is 0 Å². The van der Waals surface area contributed by atoms with Crippen molar-refractivity contribution in [2.45, 2.75) is 84.1 Å². The molecule has 2 fully saturated rings. The molecule has 1 aliphatic heterocycles. The summed E-state index contributed by atoms with van der Waals surface area (Å²) in [4.78, 5) is 12.7. The maximum absolute atomic E-state index is 12.7. The quantitative estimate of drug-likeness (QED) is 0.702. The number of amides is 1. The zero-order chi connectivity index (χ0) is 22.0. The van der Waals surface area contributed by atoms with E-state index in [1.54, 1.807) is 6.20 Å². The van der Waals surface area contributed by atoms with Gasteiger partial charge in [0.2, 0.25) is 5.91 Å². The van der Waals surface area contributed by atoms with E-state index in [2.05, 4.69) is 62.4 Å². The second-order valence-corrected chi connectivity index (χ2v) is 10.4. The van der Waals surface area contributed by atoms with Crippen LogP contribution in [0.25, 0.3) is 0 Å². The molecule has 2 aliphatic rings. The van der Waals surface area contributed by atoms with Gasteiger partial charge in [0.05, 0.1) is 18.8 Å². The van der Waals surface area contributed by atoms with Crippen LogP contribution in [0, 0.1) is 17.8 Å². The maximum Gasteiger partial charge on any atom is 0.220 e. The van der Waals surface area contributed by atoms with Gasteiger partial charge in [0, 0.05) is 36.7 Å². The average molecular weight is 424 g/mol. The molecule has 1 saturated heterocycles. The fraction of sp³-hybridized carbons (Fsp3) is 0.615. The minimum Gasteiger partial charge on any atom is -0.370 e. The number of aromatic nitrogens is 2. The molecule has 1 saturated carbocycles. The zero-order valence-corrected chi connectivity index (χ0v) is 19.4. The molecular weight excluding hydrogens is 386 g/mol. The Hall–Kier alpha value is -2.14. The van der Waals surface area contributed by atoms with Gasteiger partial charge in [-0.15, -0.1) is 0 Å². The van der Waals surface area contributed by atoms with E-state index < -0.39 is 0 Å². The van der Waals surface area contributed by atoms with Crippen LogP contribution in [0.1, 0.15) is 77.0 Å². The van der Waals surface area contributed by atoms with Gasteiger partial charge in [0.1, 0.15) is 0 Å². The number of hydrogen-bond donors (Lipinski definition) is 1. The Morgan fingerprint density at radius 3 is 2.74 bits per heavy atom. The Morgan fingerprint density at radius 1 is 1.29 bits per heavy atom. The van der Waals surface area contributed by atoms with Gasteiger partial charge < -0.3 is 10.1 Å². The van der Waals surface area contributed by atoms with Crippen molar-refractivity contribution in [2.24, 2.45) is 17.8 Å². The van der Waals surface area contributed by atoms with Crippen molar-refractivity contribution >= 4 is 5.91 Å². The average Bonchev–Trinajstić information content (AvgIpc) is 3.20. The van der Waals surface area contributed by atoms with Crippen LogP contribution in [0.4, 0.5) is 0 Å². The summed E-state index contributed by atoms with van der Waals surface area (Å²) in [5.41, 5.74) is 2.19. The smallest absolute Gasteiger partial charge is 0.220 e. The van der Waals surface area contributed by atoms with Crippen LogP contribution in [0.15, 0.2) is 42.7 Å². The summed E-state index contributed by atoms with van der Waals surface area (Å²) in [6.45, 7) is 9.54. The van der Waals surface area contributed by atoms with Crippen molar-refractivity contribution in [3.8, 4) is 0 Å². The van der Waals surface area contributed by atoms with E-state index in [-0.39, 0.29) is 23.7 Å². The van der Waals surface area contributed by atoms with Crippen LogP contribution >= 0.6 is 0 Å². The van der Waals surface area contributed by atoms with Crippen LogP contribution in [0.5, 0.6) is 0 Å². The van der Waals surface area contributed by atoms with Crippen LogP contribution in [-0.4, -0.2) is 27.3 Å². The van der Waals surface area contributed by atoms with E-state index in [1.807, 2.05) is 16.9 Å². The number of rotatable bonds is 6. The lowest BCUT2D eigenvalue weighted by Crippen LogP contribution is -2.60. The summed E-state index contributed by atoms with van der Waals surface area (Å²) in [7, 11) is 0. The van der Waals surface area contributed by atoms with Gasteiger partial charge in [-0.1, -0.05) is 51.5 Å². The number of fused-ring (bicyclic) bond motifs is 1. The molecule has 1 amide bonds. The topological polar surface area (TPSA) is 56.2 Å². The fourth-order valence-corrected chi connectivity index (χ4v) is 5.50. The second-order valence-electron chi connectivity index (χ2n) is 10.4. The summed E-state index contributed by atoms with van der Waals surface area (Å²) in [5, 5.41) is 7.75. The van der Waals surface area contributed by atoms with Crippen molar-refractivity contribution in [2.75, 3.05) is 0 Å². The Balaban J connectivity index is 1.52. The fourth-order valence-electron chi connectivity index (χ4n) is 5.50. The van der Waals surface area contributed by atoms with Crippen LogP contribution < -0.4 is 5.32 Å². The normalized spacial score (nSPS) is 30.7. The first-order valence-corrected chi connectivity index (χ1v) is 11.8. The highest BCUT2D eigenvalue weighted by molar-refractivity contribution is 5.77. The summed E-state index contributed by atoms with van der Waals surface area (Å²) in [5.74, 6) is 1.59. The third-order valence-electron chi connectivity index (χ3n) is 7.09. The molecule has 0 unspecified atom stereocenters. The summed E-state index contributed by atoms with van der Waals surface area (Å²) < 4.78 is 8.61. The highest BCUT2D eigenvalue weighted by Gasteiger charge is 2.49. The van der Waals surface area contributed by atoms with Gasteiger partial charge in [-0.25, -0.2) is 0 Å². The predicted molar refractivity (Wildman–Crippen MR) is 123 cm³/mol. The Labute approximate surface area is 186 Å². The van der Waals surface area contributed by atoms with Gasteiger partial charge in [-0.3, -0.25) is 9.48 Å². The molecule has 0 bridgehead atoms. The lowest BCUT2D eigenvalue weighted by atomic mass is 9.66. The van der Waals surface area contributed by atoms with Crippen LogP contribution in [-0.2, 0) is 16.1 Å². The lowest BCUT2D eigenvalue weighted by molar-refractivity contribution is -0.154. The van der Waals surface area contributed by atoms with Gasteiger partial charge in [-0.05, 0) is 48.8 Å². The molecule has 5 heteroatoms. The molecule has 2 aromatic rings. The Morgan fingerprint density at radius 2 is 2.06 bits per heavy atom. The molecule has 168 valence electrons. The van der Waals surface area contributed by atoms with Gasteiger partial charge in [0.25, 0.3) is 0 Å². The third-order valence-corrected chi connectivity index (χ3v) is 7.09. The Bertz CT molecular complexity index is 861. The molecule has 4 rings (SSSR count). The van der Waals surface area contributed by atoms with Crippen molar-refractivity contribution in [1.29, 1.82) is 0 Å². The van der Waals surface area contributed by atoms with E-state index in [0.717, 1.165) is 25.8 Å². The van der Waals surface area contributed by atoms with Gasteiger partial charge in [0.15, 0.2) is 0 Å². The minimum atomic E-state index is -0.229. The number of benzene rings is 1. The predicted octanol–water partition coefficient (Wildman–Crippen LogP) is 5.12.